The largest absolute Gasteiger partial charge is 0.464 e. The number of fused-ring (bicyclic) bond motifs is 1. The monoisotopic (exact) mass is 646 g/mol. The molecular weight excluding hydrogens is 580 g/mol. The molecule has 0 aliphatic heterocycles. The Kier molecular flexibility index (Phi) is 18.2. The van der Waals surface area contributed by atoms with E-state index in [1.165, 1.54) is 22.3 Å². The molecule has 2 unspecified atom stereocenters. The topological polar surface area (TPSA) is 36.9 Å². The molecule has 0 bridgehead atoms. The summed E-state index contributed by atoms with van der Waals surface area (Å²) in [5.74, 6) is 2.61. The van der Waals surface area contributed by atoms with Crippen LogP contribution >= 0.6 is 0 Å². The lowest BCUT2D eigenvalue weighted by molar-refractivity contribution is -0.0769. The van der Waals surface area contributed by atoms with Crippen molar-refractivity contribution < 1.29 is 18.9 Å². The maximum absolute atomic E-state index is 6.60. The molecule has 0 amide bonds. The average Bonchev–Trinajstić information content (AvgIpc) is 3.00. The highest BCUT2D eigenvalue weighted by Gasteiger charge is 2.22. The molecule has 0 heterocycles. The molecule has 262 valence electrons. The lowest BCUT2D eigenvalue weighted by Gasteiger charge is -2.25. The molecule has 2 aromatic rings. The van der Waals surface area contributed by atoms with Gasteiger partial charge in [0.2, 0.25) is 0 Å². The van der Waals surface area contributed by atoms with Crippen molar-refractivity contribution in [1.29, 1.82) is 0 Å². The van der Waals surface area contributed by atoms with Gasteiger partial charge in [-0.1, -0.05) is 98.6 Å². The SMILES string of the molecule is CC(C)=CCC/C(C)=C/CC/C(C)=C/CC/C(C)=C/Cc1c(C)c(OC(C)OCC(C)C)c2ccccc2c1OC(C)OCC(C)C. The van der Waals surface area contributed by atoms with Crippen molar-refractivity contribution in [3.63, 3.8) is 0 Å². The van der Waals surface area contributed by atoms with Crippen LogP contribution in [-0.2, 0) is 15.9 Å². The third-order valence-corrected chi connectivity index (χ3v) is 8.19. The number of rotatable bonds is 21. The molecule has 0 aromatic heterocycles. The molecule has 2 atom stereocenters. The molecule has 2 rings (SSSR count). The molecule has 4 heteroatoms. The highest BCUT2D eigenvalue weighted by molar-refractivity contribution is 5.96. The summed E-state index contributed by atoms with van der Waals surface area (Å²) in [6.45, 7) is 27.1. The van der Waals surface area contributed by atoms with E-state index < -0.39 is 0 Å². The molecule has 4 nitrogen and oxygen atoms in total. The Hall–Kier alpha value is -2.82. The fourth-order valence-electron chi connectivity index (χ4n) is 5.40. The first-order valence-corrected chi connectivity index (χ1v) is 18.0. The third-order valence-electron chi connectivity index (χ3n) is 8.19. The molecule has 2 aromatic carbocycles. The van der Waals surface area contributed by atoms with Gasteiger partial charge in [0.05, 0.1) is 13.2 Å². The molecule has 0 aliphatic carbocycles. The Morgan fingerprint density at radius 2 is 1.02 bits per heavy atom. The molecule has 0 N–H and O–H groups in total. The second-order valence-corrected chi connectivity index (χ2v) is 14.4. The van der Waals surface area contributed by atoms with Crippen molar-refractivity contribution in [3.8, 4) is 11.5 Å². The minimum Gasteiger partial charge on any atom is -0.464 e. The Bertz CT molecular complexity index is 1350. The molecule has 0 saturated carbocycles. The van der Waals surface area contributed by atoms with Gasteiger partial charge in [-0.3, -0.25) is 0 Å². The second kappa shape index (κ2) is 21.2. The van der Waals surface area contributed by atoms with Gasteiger partial charge in [-0.25, -0.2) is 0 Å². The maximum atomic E-state index is 6.60. The lowest BCUT2D eigenvalue weighted by atomic mass is 9.95. The van der Waals surface area contributed by atoms with Crippen molar-refractivity contribution in [3.05, 3.63) is 82.0 Å². The summed E-state index contributed by atoms with van der Waals surface area (Å²) in [5, 5.41) is 2.06. The highest BCUT2D eigenvalue weighted by atomic mass is 16.7. The molecule has 0 aliphatic rings. The van der Waals surface area contributed by atoms with E-state index in [0.29, 0.717) is 25.0 Å². The summed E-state index contributed by atoms with van der Waals surface area (Å²) < 4.78 is 25.2. The van der Waals surface area contributed by atoms with Gasteiger partial charge in [0, 0.05) is 16.3 Å². The molecule has 47 heavy (non-hydrogen) atoms. The molecule has 0 saturated heterocycles. The lowest BCUT2D eigenvalue weighted by Crippen LogP contribution is -2.21. The Morgan fingerprint density at radius 3 is 1.49 bits per heavy atom. The average molecular weight is 647 g/mol. The van der Waals surface area contributed by atoms with Gasteiger partial charge in [-0.05, 0) is 118 Å². The van der Waals surface area contributed by atoms with E-state index in [2.05, 4.69) is 118 Å². The third kappa shape index (κ3) is 15.3. The fraction of sp³-hybridized carbons (Fsp3) is 0.581. The van der Waals surface area contributed by atoms with Crippen molar-refractivity contribution in [2.75, 3.05) is 13.2 Å². The van der Waals surface area contributed by atoms with Gasteiger partial charge >= 0.3 is 0 Å². The van der Waals surface area contributed by atoms with E-state index in [-0.39, 0.29) is 12.6 Å². The van der Waals surface area contributed by atoms with Crippen molar-refractivity contribution >= 4 is 10.8 Å². The summed E-state index contributed by atoms with van der Waals surface area (Å²) in [6.07, 6.45) is 16.2. The molecular formula is C43H66O4. The fourth-order valence-corrected chi connectivity index (χ4v) is 5.40. The first-order chi connectivity index (χ1) is 22.3. The van der Waals surface area contributed by atoms with E-state index in [1.807, 2.05) is 13.8 Å². The van der Waals surface area contributed by atoms with Crippen LogP contribution in [0.4, 0.5) is 0 Å². The Labute approximate surface area is 288 Å². The summed E-state index contributed by atoms with van der Waals surface area (Å²) in [5.41, 5.74) is 7.96. The first kappa shape index (κ1) is 40.4. The van der Waals surface area contributed by atoms with Gasteiger partial charge in [-0.15, -0.1) is 0 Å². The zero-order valence-corrected chi connectivity index (χ0v) is 31.9. The highest BCUT2D eigenvalue weighted by Crippen LogP contribution is 2.42. The predicted molar refractivity (Wildman–Crippen MR) is 203 cm³/mol. The van der Waals surface area contributed by atoms with Crippen molar-refractivity contribution in [1.82, 2.24) is 0 Å². The van der Waals surface area contributed by atoms with Crippen LogP contribution in [0.2, 0.25) is 0 Å². The van der Waals surface area contributed by atoms with Gasteiger partial charge in [0.15, 0.2) is 12.6 Å². The first-order valence-electron chi connectivity index (χ1n) is 18.0. The van der Waals surface area contributed by atoms with Crippen LogP contribution in [0.3, 0.4) is 0 Å². The normalized spacial score (nSPS) is 14.2. The van der Waals surface area contributed by atoms with E-state index in [0.717, 1.165) is 78.3 Å². The summed E-state index contributed by atoms with van der Waals surface area (Å²) in [4.78, 5) is 0. The van der Waals surface area contributed by atoms with E-state index in [9.17, 15) is 0 Å². The van der Waals surface area contributed by atoms with Gasteiger partial charge in [-0.2, -0.15) is 0 Å². The maximum Gasteiger partial charge on any atom is 0.197 e. The van der Waals surface area contributed by atoms with E-state index in [4.69, 9.17) is 18.9 Å². The van der Waals surface area contributed by atoms with Crippen LogP contribution < -0.4 is 9.47 Å². The van der Waals surface area contributed by atoms with Crippen LogP contribution in [0, 0.1) is 18.8 Å². The van der Waals surface area contributed by atoms with Crippen LogP contribution in [0.5, 0.6) is 11.5 Å². The summed E-state index contributed by atoms with van der Waals surface area (Å²) in [6, 6.07) is 8.35. The second-order valence-electron chi connectivity index (χ2n) is 14.4. The molecule has 0 radical (unpaired) electrons. The molecule has 0 spiro atoms. The number of ether oxygens (including phenoxy) is 4. The van der Waals surface area contributed by atoms with Crippen LogP contribution in [-0.4, -0.2) is 25.8 Å². The minimum atomic E-state index is -0.367. The quantitative estimate of drug-likeness (QED) is 0.0999. The standard InChI is InChI=1S/C43H66O4/c1-30(2)18-15-19-33(7)20-16-21-34(8)22-17-23-35(9)26-27-39-36(10)42(46-37(11)44-28-31(3)4)40-24-13-14-25-41(40)43(39)47-38(12)45-29-32(5)6/h13-14,18,20,22,24-26,31-32,37-38H,15-17,19,21,23,27-29H2,1-12H3/b33-20+,34-22+,35-26+. The van der Waals surface area contributed by atoms with E-state index >= 15 is 0 Å². The van der Waals surface area contributed by atoms with Crippen LogP contribution in [0.25, 0.3) is 10.8 Å². The zero-order chi connectivity index (χ0) is 34.9. The smallest absolute Gasteiger partial charge is 0.197 e. The minimum absolute atomic E-state index is 0.360. The van der Waals surface area contributed by atoms with Gasteiger partial charge in [0.25, 0.3) is 0 Å². The van der Waals surface area contributed by atoms with Gasteiger partial charge in [0.1, 0.15) is 11.5 Å². The summed E-state index contributed by atoms with van der Waals surface area (Å²) >= 11 is 0. The van der Waals surface area contributed by atoms with E-state index in [1.54, 1.807) is 0 Å². The van der Waals surface area contributed by atoms with Gasteiger partial charge < -0.3 is 18.9 Å². The number of benzene rings is 2. The Morgan fingerprint density at radius 1 is 0.596 bits per heavy atom. The van der Waals surface area contributed by atoms with Crippen LogP contribution in [0.15, 0.2) is 70.9 Å². The summed E-state index contributed by atoms with van der Waals surface area (Å²) in [7, 11) is 0. The van der Waals surface area contributed by atoms with Crippen molar-refractivity contribution in [2.45, 2.75) is 141 Å². The zero-order valence-electron chi connectivity index (χ0n) is 31.9. The van der Waals surface area contributed by atoms with Crippen molar-refractivity contribution in [2.24, 2.45) is 11.8 Å². The molecule has 0 fully saturated rings. The number of allylic oxidation sites excluding steroid dienone is 8. The van der Waals surface area contributed by atoms with Crippen LogP contribution in [0.1, 0.15) is 126 Å². The predicted octanol–water partition coefficient (Wildman–Crippen LogP) is 12.6. The Balaban J connectivity index is 2.25. The number of hydrogen-bond acceptors (Lipinski definition) is 4. The number of hydrogen-bond donors (Lipinski definition) is 0.